The van der Waals surface area contributed by atoms with Crippen LogP contribution < -0.4 is 15.2 Å². The molecule has 2 aliphatic rings. The number of thioether (sulfide) groups is 1. The lowest BCUT2D eigenvalue weighted by Crippen LogP contribution is -2.51. The molecule has 0 radical (unpaired) electrons. The molecule has 0 spiro atoms. The van der Waals surface area contributed by atoms with E-state index in [-0.39, 0.29) is 11.5 Å². The monoisotopic (exact) mass is 449 g/mol. The fourth-order valence-corrected chi connectivity index (χ4v) is 5.20. The predicted octanol–water partition coefficient (Wildman–Crippen LogP) is 3.82. The average molecular weight is 450 g/mol. The molecule has 1 saturated heterocycles. The molecule has 8 heteroatoms. The van der Waals surface area contributed by atoms with Crippen LogP contribution in [0.3, 0.4) is 0 Å². The summed E-state index contributed by atoms with van der Waals surface area (Å²) in [6.07, 6.45) is 5.11. The van der Waals surface area contributed by atoms with E-state index in [1.807, 2.05) is 4.90 Å². The number of methoxy groups -OCH3 is 2. The molecule has 1 amide bonds. The molecule has 0 bridgehead atoms. The van der Waals surface area contributed by atoms with Crippen molar-refractivity contribution in [2.75, 3.05) is 40.4 Å². The second-order valence-electron chi connectivity index (χ2n) is 7.99. The van der Waals surface area contributed by atoms with Gasteiger partial charge in [-0.15, -0.1) is 0 Å². The van der Waals surface area contributed by atoms with E-state index in [0.29, 0.717) is 46.1 Å². The fraction of sp³-hybridized carbons (Fsp3) is 0.522. The lowest BCUT2D eigenvalue weighted by Gasteiger charge is -2.38. The van der Waals surface area contributed by atoms with Gasteiger partial charge in [-0.2, -0.15) is 0 Å². The fourth-order valence-electron chi connectivity index (χ4n) is 4.28. The number of carbonyl (C=O) groups excluding carboxylic acids is 1. The molecule has 170 valence electrons. The molecule has 0 atom stereocenters. The third-order valence-corrected chi connectivity index (χ3v) is 7.13. The molecule has 1 aliphatic carbocycles. The van der Waals surface area contributed by atoms with Crippen LogP contribution in [0.15, 0.2) is 29.3 Å². The van der Waals surface area contributed by atoms with Crippen LogP contribution in [0, 0.1) is 5.82 Å². The zero-order valence-corrected chi connectivity index (χ0v) is 19.4. The van der Waals surface area contributed by atoms with E-state index in [2.05, 4.69) is 11.5 Å². The van der Waals surface area contributed by atoms with Crippen LogP contribution in [-0.2, 0) is 4.79 Å². The Morgan fingerprint density at radius 2 is 1.81 bits per heavy atom. The van der Waals surface area contributed by atoms with Crippen molar-refractivity contribution in [1.82, 2.24) is 9.80 Å². The number of nitrogens with zero attached hydrogens (tertiary/aromatic N) is 2. The van der Waals surface area contributed by atoms with Gasteiger partial charge in [0.15, 0.2) is 0 Å². The number of nitrogens with two attached hydrogens (primary N) is 1. The zero-order valence-electron chi connectivity index (χ0n) is 18.6. The normalized spacial score (nSPS) is 18.6. The largest absolute Gasteiger partial charge is 0.497 e. The van der Waals surface area contributed by atoms with Gasteiger partial charge in [-0.25, -0.2) is 4.39 Å². The maximum Gasteiger partial charge on any atom is 0.262 e. The Hall–Kier alpha value is -2.19. The molecule has 1 aliphatic heterocycles. The van der Waals surface area contributed by atoms with Crippen molar-refractivity contribution in [2.45, 2.75) is 38.6 Å². The number of hydrogen-bond donors (Lipinski definition) is 1. The highest BCUT2D eigenvalue weighted by molar-refractivity contribution is 8.12. The summed E-state index contributed by atoms with van der Waals surface area (Å²) in [6, 6.07) is 3.52. The Morgan fingerprint density at radius 1 is 1.16 bits per heavy atom. The third-order valence-electron chi connectivity index (χ3n) is 5.98. The van der Waals surface area contributed by atoms with Crippen molar-refractivity contribution in [3.8, 4) is 11.5 Å². The van der Waals surface area contributed by atoms with Gasteiger partial charge >= 0.3 is 0 Å². The van der Waals surface area contributed by atoms with Gasteiger partial charge in [0.25, 0.3) is 5.91 Å². The highest BCUT2D eigenvalue weighted by Gasteiger charge is 2.30. The van der Waals surface area contributed by atoms with E-state index in [4.69, 9.17) is 15.2 Å². The first-order valence-corrected chi connectivity index (χ1v) is 11.5. The summed E-state index contributed by atoms with van der Waals surface area (Å²) in [4.78, 5) is 18.3. The number of allylic oxidation sites excluding steroid dienone is 1. The molecule has 2 N–H and O–H groups in total. The summed E-state index contributed by atoms with van der Waals surface area (Å²) in [5.41, 5.74) is 6.66. The first kappa shape index (κ1) is 23.5. The molecule has 3 rings (SSSR count). The van der Waals surface area contributed by atoms with Gasteiger partial charge in [-0.05, 0) is 19.8 Å². The maximum atomic E-state index is 14.8. The Balaban J connectivity index is 1.71. The lowest BCUT2D eigenvalue weighted by atomic mass is 10.1. The highest BCUT2D eigenvalue weighted by atomic mass is 32.2. The summed E-state index contributed by atoms with van der Waals surface area (Å²) in [6.45, 7) is 8.76. The molecule has 1 saturated carbocycles. The van der Waals surface area contributed by atoms with Crippen LogP contribution in [0.2, 0.25) is 0 Å². The van der Waals surface area contributed by atoms with Gasteiger partial charge in [-0.1, -0.05) is 31.2 Å². The molecule has 1 aromatic carbocycles. The molecule has 31 heavy (non-hydrogen) atoms. The molecular weight excluding hydrogens is 417 g/mol. The summed E-state index contributed by atoms with van der Waals surface area (Å²) in [5.74, 6) is -0.0238. The van der Waals surface area contributed by atoms with Gasteiger partial charge in [0.05, 0.1) is 24.7 Å². The topological polar surface area (TPSA) is 68.0 Å². The number of benzene rings is 1. The number of rotatable bonds is 7. The standard InChI is InChI=1S/C23H32FN3O3S/c1-15(25)22(23(28)27-11-9-26(10-12-27)17-7-5-6-8-17)31-16(2)21-19(24)13-18(29-3)14-20(21)30-4/h13-14,17H,2,5-12,25H2,1,3-4H3/b22-15-. The van der Waals surface area contributed by atoms with Crippen molar-refractivity contribution < 1.29 is 18.7 Å². The van der Waals surface area contributed by atoms with Gasteiger partial charge in [-0.3, -0.25) is 9.69 Å². The number of halogens is 1. The predicted molar refractivity (Wildman–Crippen MR) is 123 cm³/mol. The van der Waals surface area contributed by atoms with E-state index in [0.717, 1.165) is 24.9 Å². The van der Waals surface area contributed by atoms with Crippen LogP contribution in [-0.4, -0.2) is 62.1 Å². The Bertz CT molecular complexity index is 856. The quantitative estimate of drug-likeness (QED) is 0.639. The van der Waals surface area contributed by atoms with E-state index in [1.54, 1.807) is 13.0 Å². The first-order chi connectivity index (χ1) is 14.8. The van der Waals surface area contributed by atoms with E-state index in [9.17, 15) is 9.18 Å². The zero-order chi connectivity index (χ0) is 22.5. The second-order valence-corrected chi connectivity index (χ2v) is 9.10. The number of amides is 1. The van der Waals surface area contributed by atoms with Gasteiger partial charge in [0.2, 0.25) is 0 Å². The van der Waals surface area contributed by atoms with E-state index in [1.165, 1.54) is 46.0 Å². The van der Waals surface area contributed by atoms with E-state index >= 15 is 0 Å². The molecule has 0 unspecified atom stereocenters. The van der Waals surface area contributed by atoms with Crippen LogP contribution >= 0.6 is 11.8 Å². The molecular formula is C23H32FN3O3S. The second kappa shape index (κ2) is 10.4. The number of piperazine rings is 1. The van der Waals surface area contributed by atoms with Crippen LogP contribution in [0.25, 0.3) is 4.91 Å². The summed E-state index contributed by atoms with van der Waals surface area (Å²) in [5, 5.41) is 0. The molecule has 0 aromatic heterocycles. The Kier molecular flexibility index (Phi) is 7.89. The summed E-state index contributed by atoms with van der Waals surface area (Å²) in [7, 11) is 2.91. The van der Waals surface area contributed by atoms with Gasteiger partial charge < -0.3 is 20.1 Å². The van der Waals surface area contributed by atoms with Crippen LogP contribution in [0.4, 0.5) is 4.39 Å². The lowest BCUT2D eigenvalue weighted by molar-refractivity contribution is -0.128. The molecule has 1 heterocycles. The van der Waals surface area contributed by atoms with Crippen molar-refractivity contribution in [1.29, 1.82) is 0 Å². The number of ether oxygens (including phenoxy) is 2. The third kappa shape index (κ3) is 5.36. The SMILES string of the molecule is C=C(S/C(C(=O)N1CCN(C2CCCC2)CC1)=C(/C)N)c1c(F)cc(OC)cc1OC. The number of hydrogen-bond acceptors (Lipinski definition) is 6. The van der Waals surface area contributed by atoms with Crippen LogP contribution in [0.5, 0.6) is 11.5 Å². The Morgan fingerprint density at radius 3 is 2.35 bits per heavy atom. The van der Waals surface area contributed by atoms with Crippen molar-refractivity contribution >= 4 is 22.6 Å². The smallest absolute Gasteiger partial charge is 0.262 e. The average Bonchev–Trinajstić information content (AvgIpc) is 3.31. The Labute approximate surface area is 188 Å². The minimum absolute atomic E-state index is 0.134. The minimum Gasteiger partial charge on any atom is -0.497 e. The number of carbonyl (C=O) groups is 1. The van der Waals surface area contributed by atoms with Crippen LogP contribution in [0.1, 0.15) is 38.2 Å². The molecule has 6 nitrogen and oxygen atoms in total. The van der Waals surface area contributed by atoms with Crippen molar-refractivity contribution in [3.05, 3.63) is 40.7 Å². The maximum absolute atomic E-state index is 14.8. The minimum atomic E-state index is -0.527. The highest BCUT2D eigenvalue weighted by Crippen LogP contribution is 2.41. The summed E-state index contributed by atoms with van der Waals surface area (Å²) < 4.78 is 25.2. The van der Waals surface area contributed by atoms with Gasteiger partial charge in [0.1, 0.15) is 17.3 Å². The first-order valence-electron chi connectivity index (χ1n) is 10.6. The summed E-state index contributed by atoms with van der Waals surface area (Å²) >= 11 is 1.09. The van der Waals surface area contributed by atoms with E-state index < -0.39 is 5.82 Å². The van der Waals surface area contributed by atoms with Crippen molar-refractivity contribution in [3.63, 3.8) is 0 Å². The molecule has 1 aromatic rings. The van der Waals surface area contributed by atoms with Gasteiger partial charge in [0, 0.05) is 55.0 Å². The molecule has 2 fully saturated rings. The van der Waals surface area contributed by atoms with Crippen molar-refractivity contribution in [2.24, 2.45) is 5.73 Å².